The third-order valence-corrected chi connectivity index (χ3v) is 9.36. The lowest BCUT2D eigenvalue weighted by Gasteiger charge is -2.59. The van der Waals surface area contributed by atoms with Gasteiger partial charge in [-0.05, 0) is 80.1 Å². The van der Waals surface area contributed by atoms with Crippen molar-refractivity contribution < 1.29 is 9.59 Å². The molecule has 0 saturated heterocycles. The fourth-order valence-corrected chi connectivity index (χ4v) is 7.75. The molecule has 5 rings (SSSR count). The minimum Gasteiger partial charge on any atom is -0.349 e. The van der Waals surface area contributed by atoms with Gasteiger partial charge in [-0.1, -0.05) is 19.9 Å². The van der Waals surface area contributed by atoms with Crippen LogP contribution >= 0.6 is 0 Å². The summed E-state index contributed by atoms with van der Waals surface area (Å²) in [5.41, 5.74) is 0.441. The second-order valence-corrected chi connectivity index (χ2v) is 10.6. The van der Waals surface area contributed by atoms with Crippen molar-refractivity contribution in [2.75, 3.05) is 5.32 Å². The van der Waals surface area contributed by atoms with Crippen molar-refractivity contribution in [2.45, 2.75) is 71.3 Å². The number of fused-ring (bicyclic) bond motifs is 5. The molecule has 3 N–H and O–H groups in total. The Bertz CT molecular complexity index is 849. The zero-order valence-electron chi connectivity index (χ0n) is 18.1. The van der Waals surface area contributed by atoms with Crippen LogP contribution in [-0.2, 0) is 9.59 Å². The molecular weight excluding hydrogens is 376 g/mol. The second kappa shape index (κ2) is 7.24. The van der Waals surface area contributed by atoms with E-state index in [1.807, 2.05) is 0 Å². The number of carbonyl (C=O) groups is 2. The van der Waals surface area contributed by atoms with Crippen LogP contribution in [-0.4, -0.2) is 27.8 Å². The average molecular weight is 411 g/mol. The number of nitrogens with one attached hydrogen (secondary N) is 3. The summed E-state index contributed by atoms with van der Waals surface area (Å²) in [6, 6.07) is 0.295. The summed E-state index contributed by atoms with van der Waals surface area (Å²) < 4.78 is 0. The van der Waals surface area contributed by atoms with Gasteiger partial charge in [-0.25, -0.2) is 4.98 Å². The van der Waals surface area contributed by atoms with Crippen LogP contribution in [0.25, 0.3) is 0 Å². The van der Waals surface area contributed by atoms with Gasteiger partial charge in [0.05, 0.1) is 0 Å². The molecule has 7 atom stereocenters. The van der Waals surface area contributed by atoms with Crippen molar-refractivity contribution in [3.8, 4) is 0 Å². The van der Waals surface area contributed by atoms with Crippen LogP contribution in [0.1, 0.15) is 65.2 Å². The van der Waals surface area contributed by atoms with Crippen LogP contribution < -0.4 is 10.6 Å². The third-order valence-electron chi connectivity index (χ3n) is 9.36. The van der Waals surface area contributed by atoms with Crippen LogP contribution in [0.5, 0.6) is 0 Å². The number of H-pyrrole nitrogens is 1. The topological polar surface area (TPSA) is 86.9 Å². The monoisotopic (exact) mass is 410 g/mol. The molecule has 0 unspecified atom stereocenters. The molecule has 4 aliphatic rings. The largest absolute Gasteiger partial charge is 0.349 e. The number of aromatic nitrogens is 2. The maximum absolute atomic E-state index is 12.4. The molecule has 0 bridgehead atoms. The Morgan fingerprint density at radius 1 is 1.20 bits per heavy atom. The van der Waals surface area contributed by atoms with Gasteiger partial charge in [-0.15, -0.1) is 0 Å². The first kappa shape index (κ1) is 19.8. The van der Waals surface area contributed by atoms with Crippen molar-refractivity contribution >= 4 is 17.8 Å². The van der Waals surface area contributed by atoms with Gasteiger partial charge in [-0.3, -0.25) is 14.9 Å². The standard InChI is InChI=1S/C24H34N4O2/c1-23-11-9-18-16(5-7-19-24(18,2)12-10-21(30)27-19)17(23)6-3-15(23)4-8-20(29)28-22-25-13-14-26-22/h10,12-19H,3-9,11H2,1-2H3,(H,27,30)(H2,25,26,28,29)/t15-,16+,17+,18+,19-,23-,24-/m1/s1. The van der Waals surface area contributed by atoms with Crippen molar-refractivity contribution in [1.82, 2.24) is 15.3 Å². The molecule has 3 aliphatic carbocycles. The van der Waals surface area contributed by atoms with Gasteiger partial charge < -0.3 is 10.3 Å². The predicted molar refractivity (Wildman–Crippen MR) is 115 cm³/mol. The highest BCUT2D eigenvalue weighted by Gasteiger charge is 2.59. The Kier molecular flexibility index (Phi) is 4.79. The van der Waals surface area contributed by atoms with Gasteiger partial charge in [0.25, 0.3) is 0 Å². The van der Waals surface area contributed by atoms with Gasteiger partial charge in [0.1, 0.15) is 0 Å². The second-order valence-electron chi connectivity index (χ2n) is 10.6. The van der Waals surface area contributed by atoms with E-state index in [1.165, 1.54) is 32.1 Å². The quantitative estimate of drug-likeness (QED) is 0.700. The number of hydrogen-bond donors (Lipinski definition) is 3. The Morgan fingerprint density at radius 2 is 2.07 bits per heavy atom. The number of hydrogen-bond acceptors (Lipinski definition) is 3. The zero-order chi connectivity index (χ0) is 20.9. The van der Waals surface area contributed by atoms with E-state index < -0.39 is 0 Å². The summed E-state index contributed by atoms with van der Waals surface area (Å²) >= 11 is 0. The lowest BCUT2D eigenvalue weighted by Crippen LogP contribution is -2.59. The van der Waals surface area contributed by atoms with Crippen molar-refractivity contribution in [1.29, 1.82) is 0 Å². The molecule has 0 aromatic carbocycles. The minimum absolute atomic E-state index is 0.0572. The Hall–Kier alpha value is -2.11. The molecule has 2 heterocycles. The molecular formula is C24H34N4O2. The van der Waals surface area contributed by atoms with Gasteiger partial charge >= 0.3 is 0 Å². The van der Waals surface area contributed by atoms with Crippen LogP contribution in [0.15, 0.2) is 24.5 Å². The molecule has 0 spiro atoms. The first-order valence-electron chi connectivity index (χ1n) is 11.7. The van der Waals surface area contributed by atoms with Crippen molar-refractivity contribution in [2.24, 2.45) is 34.5 Å². The van der Waals surface area contributed by atoms with Gasteiger partial charge in [0, 0.05) is 30.3 Å². The number of rotatable bonds is 4. The van der Waals surface area contributed by atoms with Crippen molar-refractivity contribution in [3.05, 3.63) is 24.5 Å². The van der Waals surface area contributed by atoms with Crippen LogP contribution in [0.4, 0.5) is 5.95 Å². The molecule has 2 amide bonds. The highest BCUT2D eigenvalue weighted by atomic mass is 16.2. The Balaban J connectivity index is 1.27. The van der Waals surface area contributed by atoms with E-state index in [2.05, 4.69) is 40.5 Å². The third kappa shape index (κ3) is 3.10. The maximum Gasteiger partial charge on any atom is 0.243 e. The first-order valence-corrected chi connectivity index (χ1v) is 11.7. The maximum atomic E-state index is 12.4. The lowest BCUT2D eigenvalue weighted by molar-refractivity contribution is -0.123. The van der Waals surface area contributed by atoms with Crippen LogP contribution in [0.3, 0.4) is 0 Å². The van der Waals surface area contributed by atoms with E-state index in [9.17, 15) is 9.59 Å². The number of nitrogens with zero attached hydrogens (tertiary/aromatic N) is 1. The number of carbonyl (C=O) groups excluding carboxylic acids is 2. The summed E-state index contributed by atoms with van der Waals surface area (Å²) in [5, 5.41) is 6.11. The molecule has 3 fully saturated rings. The minimum atomic E-state index is 0.0572. The van der Waals surface area contributed by atoms with Crippen LogP contribution in [0.2, 0.25) is 0 Å². The average Bonchev–Trinajstić information content (AvgIpc) is 3.34. The SMILES string of the molecule is C[C@]12C=CC(=O)N[C@@H]1CC[C@@H]1[C@@H]2CC[C@]2(C)[C@@H](CCC(=O)Nc3ncc[nH]3)CC[C@@H]12. The molecule has 30 heavy (non-hydrogen) atoms. The highest BCUT2D eigenvalue weighted by molar-refractivity contribution is 5.89. The van der Waals surface area contributed by atoms with E-state index in [0.29, 0.717) is 35.7 Å². The smallest absolute Gasteiger partial charge is 0.243 e. The number of aromatic amines is 1. The molecule has 3 saturated carbocycles. The molecule has 1 aromatic heterocycles. The van der Waals surface area contributed by atoms with Gasteiger partial charge in [0.15, 0.2) is 0 Å². The Morgan fingerprint density at radius 3 is 2.87 bits per heavy atom. The number of amides is 2. The van der Waals surface area contributed by atoms with Crippen molar-refractivity contribution in [3.63, 3.8) is 0 Å². The van der Waals surface area contributed by atoms with E-state index in [4.69, 9.17) is 0 Å². The van der Waals surface area contributed by atoms with E-state index in [1.54, 1.807) is 18.5 Å². The lowest BCUT2D eigenvalue weighted by atomic mass is 9.48. The molecule has 6 heteroatoms. The predicted octanol–water partition coefficient (Wildman–Crippen LogP) is 4.04. The van der Waals surface area contributed by atoms with E-state index in [0.717, 1.165) is 24.7 Å². The number of imidazole rings is 1. The molecule has 162 valence electrons. The summed E-state index contributed by atoms with van der Waals surface area (Å²) in [7, 11) is 0. The zero-order valence-corrected chi connectivity index (χ0v) is 18.1. The Labute approximate surface area is 178 Å². The van der Waals surface area contributed by atoms with E-state index >= 15 is 0 Å². The van der Waals surface area contributed by atoms with Gasteiger partial charge in [-0.2, -0.15) is 0 Å². The summed E-state index contributed by atoms with van der Waals surface area (Å²) in [5.74, 6) is 3.44. The summed E-state index contributed by atoms with van der Waals surface area (Å²) in [6.07, 6.45) is 16.2. The normalized spacial score (nSPS) is 42.1. The fourth-order valence-electron chi connectivity index (χ4n) is 7.75. The summed E-state index contributed by atoms with van der Waals surface area (Å²) in [6.45, 7) is 4.88. The molecule has 1 aliphatic heterocycles. The number of anilines is 1. The molecule has 1 aromatic rings. The van der Waals surface area contributed by atoms with E-state index in [-0.39, 0.29) is 17.2 Å². The molecule has 0 radical (unpaired) electrons. The fraction of sp³-hybridized carbons (Fsp3) is 0.708. The van der Waals surface area contributed by atoms with Gasteiger partial charge in [0.2, 0.25) is 17.8 Å². The highest BCUT2D eigenvalue weighted by Crippen LogP contribution is 2.65. The first-order chi connectivity index (χ1) is 14.4. The molecule has 6 nitrogen and oxygen atoms in total. The van der Waals surface area contributed by atoms with Crippen LogP contribution in [0, 0.1) is 34.5 Å². The summed E-state index contributed by atoms with van der Waals surface area (Å²) in [4.78, 5) is 31.3.